The summed E-state index contributed by atoms with van der Waals surface area (Å²) in [4.78, 5) is 24.2. The summed E-state index contributed by atoms with van der Waals surface area (Å²) in [5.41, 5.74) is 3.21. The van der Waals surface area contributed by atoms with Crippen LogP contribution in [0, 0.1) is 0 Å². The zero-order valence-corrected chi connectivity index (χ0v) is 18.4. The van der Waals surface area contributed by atoms with Gasteiger partial charge in [-0.05, 0) is 60.2 Å². The Morgan fingerprint density at radius 3 is 2.47 bits per heavy atom. The lowest BCUT2D eigenvalue weighted by atomic mass is 10.2. The lowest BCUT2D eigenvalue weighted by molar-refractivity contribution is -0.123. The molecule has 0 radical (unpaired) electrons. The van der Waals surface area contributed by atoms with Gasteiger partial charge in [-0.25, -0.2) is 10.2 Å². The van der Waals surface area contributed by atoms with Crippen molar-refractivity contribution in [1.29, 1.82) is 0 Å². The molecule has 3 aromatic carbocycles. The van der Waals surface area contributed by atoms with Gasteiger partial charge in [0.1, 0.15) is 5.75 Å². The highest BCUT2D eigenvalue weighted by Crippen LogP contribution is 2.29. The van der Waals surface area contributed by atoms with Gasteiger partial charge in [0.2, 0.25) is 0 Å². The van der Waals surface area contributed by atoms with Crippen molar-refractivity contribution in [2.75, 3.05) is 13.7 Å². The summed E-state index contributed by atoms with van der Waals surface area (Å²) < 4.78 is 16.0. The summed E-state index contributed by atoms with van der Waals surface area (Å²) in [7, 11) is 1.44. The number of hydrazone groups is 1. The predicted octanol–water partition coefficient (Wildman–Crippen LogP) is 4.75. The van der Waals surface area contributed by atoms with Crippen LogP contribution in [0.4, 0.5) is 0 Å². The van der Waals surface area contributed by atoms with Crippen LogP contribution in [0.1, 0.15) is 15.9 Å². The van der Waals surface area contributed by atoms with E-state index in [1.165, 1.54) is 13.3 Å². The molecule has 0 saturated heterocycles. The van der Waals surface area contributed by atoms with E-state index < -0.39 is 11.9 Å². The third kappa shape index (κ3) is 6.47. The minimum Gasteiger partial charge on any atom is -0.493 e. The number of nitrogens with zero attached hydrogens (tertiary/aromatic N) is 1. The van der Waals surface area contributed by atoms with Crippen LogP contribution in [0.5, 0.6) is 17.2 Å². The van der Waals surface area contributed by atoms with E-state index in [2.05, 4.69) is 10.5 Å². The number of methoxy groups -OCH3 is 1. The fourth-order valence-electron chi connectivity index (χ4n) is 2.52. The molecule has 0 aliphatic carbocycles. The summed E-state index contributed by atoms with van der Waals surface area (Å²) in [6.45, 7) is -0.209. The first-order valence-electron chi connectivity index (χ1n) is 9.31. The molecule has 0 aliphatic heterocycles. The van der Waals surface area contributed by atoms with E-state index in [4.69, 9.17) is 37.4 Å². The minimum absolute atomic E-state index is 0.209. The number of esters is 1. The molecule has 1 amide bonds. The van der Waals surface area contributed by atoms with E-state index in [0.717, 1.165) is 0 Å². The van der Waals surface area contributed by atoms with E-state index in [-0.39, 0.29) is 22.9 Å². The van der Waals surface area contributed by atoms with Crippen LogP contribution >= 0.6 is 23.2 Å². The molecule has 0 unspecified atom stereocenters. The lowest BCUT2D eigenvalue weighted by Gasteiger charge is -2.10. The number of carbonyl (C=O) groups excluding carboxylic acids is 2. The van der Waals surface area contributed by atoms with Crippen molar-refractivity contribution < 1.29 is 23.8 Å². The summed E-state index contributed by atoms with van der Waals surface area (Å²) in [6.07, 6.45) is 1.42. The zero-order valence-electron chi connectivity index (χ0n) is 16.9. The van der Waals surface area contributed by atoms with Gasteiger partial charge in [-0.15, -0.1) is 0 Å². The Bertz CT molecular complexity index is 1130. The first kappa shape index (κ1) is 23.1. The summed E-state index contributed by atoms with van der Waals surface area (Å²) in [5.74, 6) is -0.00126. The van der Waals surface area contributed by atoms with Gasteiger partial charge in [0, 0.05) is 5.02 Å². The van der Waals surface area contributed by atoms with Crippen molar-refractivity contribution in [2.24, 2.45) is 5.10 Å². The second-order valence-electron chi connectivity index (χ2n) is 6.32. The van der Waals surface area contributed by atoms with E-state index in [1.807, 2.05) is 0 Å². The third-order valence-corrected chi connectivity index (χ3v) is 4.65. The molecule has 0 saturated carbocycles. The molecule has 9 heteroatoms. The molecule has 3 aromatic rings. The Kier molecular flexibility index (Phi) is 8.08. The fourth-order valence-corrected chi connectivity index (χ4v) is 2.86. The molecule has 0 aliphatic rings. The van der Waals surface area contributed by atoms with Gasteiger partial charge in [-0.3, -0.25) is 4.79 Å². The smallest absolute Gasteiger partial charge is 0.345 e. The summed E-state index contributed by atoms with van der Waals surface area (Å²) in [6, 6.07) is 18.0. The molecule has 3 rings (SSSR count). The molecule has 0 bridgehead atoms. The van der Waals surface area contributed by atoms with Gasteiger partial charge in [0.15, 0.2) is 18.1 Å². The van der Waals surface area contributed by atoms with Crippen LogP contribution in [0.15, 0.2) is 71.8 Å². The second-order valence-corrected chi connectivity index (χ2v) is 7.16. The molecule has 0 spiro atoms. The van der Waals surface area contributed by atoms with Crippen LogP contribution in [-0.2, 0) is 4.79 Å². The average molecular weight is 473 g/mol. The molecule has 0 aromatic heterocycles. The van der Waals surface area contributed by atoms with Crippen molar-refractivity contribution >= 4 is 41.3 Å². The Morgan fingerprint density at radius 1 is 1.00 bits per heavy atom. The van der Waals surface area contributed by atoms with Crippen LogP contribution in [0.2, 0.25) is 10.0 Å². The van der Waals surface area contributed by atoms with Gasteiger partial charge >= 0.3 is 5.97 Å². The van der Waals surface area contributed by atoms with Gasteiger partial charge < -0.3 is 14.2 Å². The molecule has 0 atom stereocenters. The maximum absolute atomic E-state index is 12.4. The van der Waals surface area contributed by atoms with Crippen molar-refractivity contribution in [2.45, 2.75) is 0 Å². The van der Waals surface area contributed by atoms with Crippen molar-refractivity contribution in [3.05, 3.63) is 87.9 Å². The van der Waals surface area contributed by atoms with Crippen LogP contribution in [0.3, 0.4) is 0 Å². The number of benzene rings is 3. The highest BCUT2D eigenvalue weighted by Gasteiger charge is 2.15. The second kappa shape index (κ2) is 11.2. The maximum Gasteiger partial charge on any atom is 0.345 e. The first-order valence-corrected chi connectivity index (χ1v) is 10.1. The number of amides is 1. The SMILES string of the molecule is COc1cc(/C=N\NC(=O)COc2ccc(Cl)cc2)ccc1OC(=O)c1ccccc1Cl. The number of ether oxygens (including phenoxy) is 3. The Morgan fingerprint density at radius 2 is 1.75 bits per heavy atom. The van der Waals surface area contributed by atoms with Crippen LogP contribution < -0.4 is 19.6 Å². The number of hydrogen-bond donors (Lipinski definition) is 1. The third-order valence-electron chi connectivity index (χ3n) is 4.07. The molecule has 7 nitrogen and oxygen atoms in total. The van der Waals surface area contributed by atoms with Gasteiger partial charge in [0.05, 0.1) is 23.9 Å². The van der Waals surface area contributed by atoms with E-state index in [0.29, 0.717) is 22.1 Å². The number of rotatable bonds is 8. The Balaban J connectivity index is 1.57. The maximum atomic E-state index is 12.4. The average Bonchev–Trinajstić information content (AvgIpc) is 2.79. The Labute approximate surface area is 194 Å². The van der Waals surface area contributed by atoms with Crippen LogP contribution in [-0.4, -0.2) is 31.8 Å². The van der Waals surface area contributed by atoms with Crippen LogP contribution in [0.25, 0.3) is 0 Å². The van der Waals surface area contributed by atoms with Crippen molar-refractivity contribution in [3.8, 4) is 17.2 Å². The minimum atomic E-state index is -0.608. The molecule has 1 N–H and O–H groups in total. The van der Waals surface area contributed by atoms with Crippen molar-refractivity contribution in [1.82, 2.24) is 5.43 Å². The van der Waals surface area contributed by atoms with Gasteiger partial charge in [0.25, 0.3) is 5.91 Å². The highest BCUT2D eigenvalue weighted by atomic mass is 35.5. The molecular formula is C23H18Cl2N2O5. The monoisotopic (exact) mass is 472 g/mol. The fraction of sp³-hybridized carbons (Fsp3) is 0.0870. The standard InChI is InChI=1S/C23H18Cl2N2O5/c1-30-21-12-15(6-11-20(21)32-23(29)18-4-2-3-5-19(18)25)13-26-27-22(28)14-31-17-9-7-16(24)8-10-17/h2-13H,14H2,1H3,(H,27,28)/b26-13-. The zero-order chi connectivity index (χ0) is 22.9. The van der Waals surface area contributed by atoms with E-state index in [9.17, 15) is 9.59 Å². The van der Waals surface area contributed by atoms with E-state index >= 15 is 0 Å². The summed E-state index contributed by atoms with van der Waals surface area (Å²) in [5, 5.41) is 4.75. The summed E-state index contributed by atoms with van der Waals surface area (Å²) >= 11 is 11.8. The lowest BCUT2D eigenvalue weighted by Crippen LogP contribution is -2.24. The highest BCUT2D eigenvalue weighted by molar-refractivity contribution is 6.33. The quantitative estimate of drug-likeness (QED) is 0.221. The van der Waals surface area contributed by atoms with Gasteiger partial charge in [-0.1, -0.05) is 35.3 Å². The number of nitrogens with one attached hydrogen (secondary N) is 1. The molecule has 0 heterocycles. The predicted molar refractivity (Wildman–Crippen MR) is 122 cm³/mol. The molecule has 32 heavy (non-hydrogen) atoms. The normalized spacial score (nSPS) is 10.6. The molecular weight excluding hydrogens is 455 g/mol. The first-order chi connectivity index (χ1) is 15.5. The number of halogens is 2. The molecule has 164 valence electrons. The topological polar surface area (TPSA) is 86.2 Å². The van der Waals surface area contributed by atoms with E-state index in [1.54, 1.807) is 66.7 Å². The number of hydrogen-bond acceptors (Lipinski definition) is 6. The number of carbonyl (C=O) groups is 2. The Hall–Kier alpha value is -3.55. The molecule has 0 fully saturated rings. The largest absolute Gasteiger partial charge is 0.493 e. The van der Waals surface area contributed by atoms with Gasteiger partial charge in [-0.2, -0.15) is 5.10 Å². The van der Waals surface area contributed by atoms with Crippen molar-refractivity contribution in [3.63, 3.8) is 0 Å².